The molecule has 2 N–H and O–H groups in total. The van der Waals surface area contributed by atoms with Gasteiger partial charge in [0.05, 0.1) is 5.92 Å². The first-order chi connectivity index (χ1) is 19.8. The van der Waals surface area contributed by atoms with E-state index in [2.05, 4.69) is 72.8 Å². The van der Waals surface area contributed by atoms with Gasteiger partial charge in [0.2, 0.25) is 5.90 Å². The third kappa shape index (κ3) is 4.37. The Hall–Kier alpha value is -4.64. The van der Waals surface area contributed by atoms with Crippen molar-refractivity contribution in [3.63, 3.8) is 0 Å². The van der Waals surface area contributed by atoms with Crippen molar-refractivity contribution in [3.05, 3.63) is 155 Å². The molecule has 5 nitrogen and oxygen atoms in total. The van der Waals surface area contributed by atoms with E-state index in [9.17, 15) is 0 Å². The van der Waals surface area contributed by atoms with Crippen molar-refractivity contribution in [1.82, 2.24) is 0 Å². The standard InChI is InChI=1S/C35H31N3O2/c36-33-30(26-19-11-4-12-20-26)31(34-37-27(21-39-34)23-13-5-1-6-14-23)29(25-17-9-3-10-18-25)32(33)35-38-28(22-40-35)24-15-7-2-8-16-24/h1-20,27-31H,21-22,36H2/t27-,28-,29?,30?,31?/m0/s1. The Kier molecular flexibility index (Phi) is 6.40. The van der Waals surface area contributed by atoms with Gasteiger partial charge in [0.15, 0.2) is 5.90 Å². The first-order valence-corrected chi connectivity index (χ1v) is 13.9. The van der Waals surface area contributed by atoms with Crippen LogP contribution in [0.15, 0.2) is 143 Å². The molecule has 0 saturated carbocycles. The van der Waals surface area contributed by atoms with E-state index in [1.54, 1.807) is 0 Å². The first kappa shape index (κ1) is 24.4. The highest BCUT2D eigenvalue weighted by molar-refractivity contribution is 6.00. The van der Waals surface area contributed by atoms with Gasteiger partial charge >= 0.3 is 0 Å². The average Bonchev–Trinajstić information content (AvgIpc) is 3.77. The van der Waals surface area contributed by atoms with E-state index in [0.29, 0.717) is 19.1 Å². The van der Waals surface area contributed by atoms with Crippen molar-refractivity contribution in [3.8, 4) is 0 Å². The van der Waals surface area contributed by atoms with Crippen molar-refractivity contribution in [2.75, 3.05) is 13.2 Å². The van der Waals surface area contributed by atoms with Crippen LogP contribution in [-0.4, -0.2) is 25.0 Å². The number of nitrogens with two attached hydrogens (primary N) is 1. The van der Waals surface area contributed by atoms with E-state index < -0.39 is 0 Å². The van der Waals surface area contributed by atoms with Crippen LogP contribution in [0.2, 0.25) is 0 Å². The number of hydrogen-bond donors (Lipinski definition) is 1. The molecule has 0 radical (unpaired) electrons. The molecule has 2 aliphatic heterocycles. The smallest absolute Gasteiger partial charge is 0.215 e. The van der Waals surface area contributed by atoms with Gasteiger partial charge in [0, 0.05) is 23.1 Å². The second-order valence-electron chi connectivity index (χ2n) is 10.5. The van der Waals surface area contributed by atoms with Crippen LogP contribution in [0, 0.1) is 5.92 Å². The number of rotatable bonds is 6. The molecule has 40 heavy (non-hydrogen) atoms. The molecule has 3 unspecified atom stereocenters. The lowest BCUT2D eigenvalue weighted by molar-refractivity contribution is 0.291. The van der Waals surface area contributed by atoms with Crippen LogP contribution in [-0.2, 0) is 9.47 Å². The maximum absolute atomic E-state index is 7.16. The Bertz CT molecular complexity index is 1570. The Morgan fingerprint density at radius 1 is 0.525 bits per heavy atom. The summed E-state index contributed by atoms with van der Waals surface area (Å²) in [5, 5.41) is 0. The van der Waals surface area contributed by atoms with Gasteiger partial charge in [-0.25, -0.2) is 9.98 Å². The molecule has 0 amide bonds. The van der Waals surface area contributed by atoms with Crippen LogP contribution in [0.3, 0.4) is 0 Å². The third-order valence-corrected chi connectivity index (χ3v) is 8.20. The molecule has 1 aliphatic carbocycles. The SMILES string of the molecule is NC1=C(C2=N[C@H](c3ccccc3)CO2)C(c2ccccc2)C(C2=N[C@H](c3ccccc3)CO2)C1c1ccccc1. The van der Waals surface area contributed by atoms with Gasteiger partial charge in [-0.3, -0.25) is 0 Å². The van der Waals surface area contributed by atoms with E-state index >= 15 is 0 Å². The number of benzene rings is 4. The lowest BCUT2D eigenvalue weighted by Gasteiger charge is -2.27. The average molecular weight is 526 g/mol. The van der Waals surface area contributed by atoms with Crippen LogP contribution in [0.5, 0.6) is 0 Å². The van der Waals surface area contributed by atoms with Gasteiger partial charge in [0.25, 0.3) is 0 Å². The summed E-state index contributed by atoms with van der Waals surface area (Å²) in [4.78, 5) is 10.3. The van der Waals surface area contributed by atoms with Gasteiger partial charge in [0.1, 0.15) is 25.3 Å². The molecule has 0 spiro atoms. The maximum atomic E-state index is 7.16. The third-order valence-electron chi connectivity index (χ3n) is 8.20. The number of ether oxygens (including phenoxy) is 2. The molecule has 5 heteroatoms. The summed E-state index contributed by atoms with van der Waals surface area (Å²) in [7, 11) is 0. The number of nitrogens with zero attached hydrogens (tertiary/aromatic N) is 2. The largest absolute Gasteiger partial charge is 0.478 e. The predicted octanol–water partition coefficient (Wildman–Crippen LogP) is 6.74. The van der Waals surface area contributed by atoms with Crippen LogP contribution >= 0.6 is 0 Å². The fourth-order valence-electron chi connectivity index (χ4n) is 6.32. The summed E-state index contributed by atoms with van der Waals surface area (Å²) >= 11 is 0. The number of hydrogen-bond acceptors (Lipinski definition) is 5. The summed E-state index contributed by atoms with van der Waals surface area (Å²) < 4.78 is 12.8. The van der Waals surface area contributed by atoms with Crippen molar-refractivity contribution >= 4 is 11.8 Å². The van der Waals surface area contributed by atoms with E-state index in [1.165, 1.54) is 0 Å². The summed E-state index contributed by atoms with van der Waals surface area (Å²) in [6, 6.07) is 41.5. The molecule has 0 bridgehead atoms. The highest BCUT2D eigenvalue weighted by Crippen LogP contribution is 2.53. The molecule has 0 aromatic heterocycles. The van der Waals surface area contributed by atoms with Crippen molar-refractivity contribution in [2.24, 2.45) is 21.6 Å². The van der Waals surface area contributed by atoms with Gasteiger partial charge in [-0.05, 0) is 22.3 Å². The molecule has 4 aromatic carbocycles. The van der Waals surface area contributed by atoms with Crippen LogP contribution < -0.4 is 5.73 Å². The summed E-state index contributed by atoms with van der Waals surface area (Å²) in [5.41, 5.74) is 13.4. The van der Waals surface area contributed by atoms with Crippen LogP contribution in [0.25, 0.3) is 0 Å². The highest BCUT2D eigenvalue weighted by Gasteiger charge is 2.50. The van der Waals surface area contributed by atoms with E-state index in [0.717, 1.165) is 39.4 Å². The van der Waals surface area contributed by atoms with E-state index in [1.807, 2.05) is 48.5 Å². The molecule has 3 aliphatic rings. The molecular formula is C35H31N3O2. The lowest BCUT2D eigenvalue weighted by Crippen LogP contribution is -2.27. The molecule has 0 saturated heterocycles. The zero-order chi connectivity index (χ0) is 26.9. The van der Waals surface area contributed by atoms with Crippen molar-refractivity contribution in [1.29, 1.82) is 0 Å². The number of allylic oxidation sites excluding steroid dienone is 1. The summed E-state index contributed by atoms with van der Waals surface area (Å²) in [6.45, 7) is 1.01. The molecule has 198 valence electrons. The lowest BCUT2D eigenvalue weighted by atomic mass is 9.78. The van der Waals surface area contributed by atoms with Gasteiger partial charge < -0.3 is 15.2 Å². The first-order valence-electron chi connectivity index (χ1n) is 13.9. The van der Waals surface area contributed by atoms with E-state index in [4.69, 9.17) is 25.2 Å². The minimum absolute atomic E-state index is 0.0446. The number of aliphatic imine (C=N–C) groups is 2. The van der Waals surface area contributed by atoms with Gasteiger partial charge in [-0.2, -0.15) is 0 Å². The Morgan fingerprint density at radius 2 is 0.975 bits per heavy atom. The minimum Gasteiger partial charge on any atom is -0.478 e. The fraction of sp³-hybridized carbons (Fsp3) is 0.200. The molecule has 7 rings (SSSR count). The summed E-state index contributed by atoms with van der Waals surface area (Å²) in [6.07, 6.45) is 0. The Labute approximate surface area is 234 Å². The van der Waals surface area contributed by atoms with E-state index in [-0.39, 0.29) is 29.8 Å². The predicted molar refractivity (Wildman–Crippen MR) is 158 cm³/mol. The quantitative estimate of drug-likeness (QED) is 0.303. The second kappa shape index (κ2) is 10.5. The Balaban J connectivity index is 1.37. The zero-order valence-electron chi connectivity index (χ0n) is 22.1. The molecule has 2 heterocycles. The molecular weight excluding hydrogens is 494 g/mol. The zero-order valence-corrected chi connectivity index (χ0v) is 22.1. The van der Waals surface area contributed by atoms with Crippen molar-refractivity contribution < 1.29 is 9.47 Å². The van der Waals surface area contributed by atoms with Gasteiger partial charge in [-0.1, -0.05) is 121 Å². The second-order valence-corrected chi connectivity index (χ2v) is 10.5. The minimum atomic E-state index is -0.129. The van der Waals surface area contributed by atoms with Crippen LogP contribution in [0.4, 0.5) is 0 Å². The monoisotopic (exact) mass is 525 g/mol. The normalized spacial score (nSPS) is 25.8. The maximum Gasteiger partial charge on any atom is 0.215 e. The summed E-state index contributed by atoms with van der Waals surface area (Å²) in [5.74, 6) is 0.995. The van der Waals surface area contributed by atoms with Gasteiger partial charge in [-0.15, -0.1) is 0 Å². The topological polar surface area (TPSA) is 69.2 Å². The highest BCUT2D eigenvalue weighted by atomic mass is 16.5. The Morgan fingerprint density at radius 3 is 1.52 bits per heavy atom. The fourth-order valence-corrected chi connectivity index (χ4v) is 6.32. The van der Waals surface area contributed by atoms with Crippen molar-refractivity contribution in [2.45, 2.75) is 23.9 Å². The molecule has 0 fully saturated rings. The molecule has 4 aromatic rings. The molecule has 5 atom stereocenters. The van der Waals surface area contributed by atoms with Crippen LogP contribution in [0.1, 0.15) is 46.2 Å².